The number of nitriles is 1. The molecule has 0 bridgehead atoms. The van der Waals surface area contributed by atoms with Crippen molar-refractivity contribution in [2.75, 3.05) is 0 Å². The molecule has 0 heterocycles. The maximum atomic E-state index is 9.10. The van der Waals surface area contributed by atoms with E-state index in [4.69, 9.17) is 5.26 Å². The predicted molar refractivity (Wildman–Crippen MR) is 61.8 cm³/mol. The number of hydrogen-bond donors (Lipinski definition) is 0. The van der Waals surface area contributed by atoms with Crippen molar-refractivity contribution in [3.05, 3.63) is 23.3 Å². The van der Waals surface area contributed by atoms with E-state index in [9.17, 15) is 0 Å². The summed E-state index contributed by atoms with van der Waals surface area (Å²) in [6.45, 7) is 10.3. The number of hydrogen-bond acceptors (Lipinski definition) is 1. The van der Waals surface area contributed by atoms with E-state index in [2.05, 4.69) is 45.9 Å². The van der Waals surface area contributed by atoms with Crippen LogP contribution in [0.25, 0.3) is 0 Å². The van der Waals surface area contributed by atoms with E-state index in [1.54, 1.807) is 0 Å². The summed E-state index contributed by atoms with van der Waals surface area (Å²) in [4.78, 5) is 0. The molecule has 0 aliphatic heterocycles. The molecule has 1 nitrogen and oxygen atoms in total. The Morgan fingerprint density at radius 2 is 1.43 bits per heavy atom. The van der Waals surface area contributed by atoms with Gasteiger partial charge in [-0.3, -0.25) is 0 Å². The smallest absolute Gasteiger partial charge is 0.0693 e. The monoisotopic (exact) mass is 191 g/mol. The fourth-order valence-corrected chi connectivity index (χ4v) is 1.03. The fraction of sp³-hybridized carbons (Fsp3) is 0.615. The van der Waals surface area contributed by atoms with Gasteiger partial charge in [0.1, 0.15) is 0 Å². The molecule has 0 atom stereocenters. The molecule has 1 heteroatoms. The first-order valence-electron chi connectivity index (χ1n) is 5.07. The molecule has 0 fully saturated rings. The van der Waals surface area contributed by atoms with E-state index in [-0.39, 0.29) is 5.41 Å². The molecule has 14 heavy (non-hydrogen) atoms. The highest BCUT2D eigenvalue weighted by Crippen LogP contribution is 2.27. The van der Waals surface area contributed by atoms with Gasteiger partial charge in [0, 0.05) is 0 Å². The molecule has 0 aromatic heterocycles. The van der Waals surface area contributed by atoms with Crippen molar-refractivity contribution in [3.8, 4) is 6.07 Å². The van der Waals surface area contributed by atoms with E-state index < -0.39 is 0 Å². The Balaban J connectivity index is 4.43. The zero-order valence-corrected chi connectivity index (χ0v) is 10.0. The predicted octanol–water partition coefficient (Wildman–Crippen LogP) is 4.23. The lowest BCUT2D eigenvalue weighted by Crippen LogP contribution is -2.11. The second-order valence-electron chi connectivity index (χ2n) is 4.64. The van der Waals surface area contributed by atoms with Crippen LogP contribution in [0.4, 0.5) is 0 Å². The normalized spacial score (nSPS) is 10.3. The maximum absolute atomic E-state index is 9.10. The molecule has 0 amide bonds. The molecule has 78 valence electrons. The Hall–Kier alpha value is -1.03. The average Bonchev–Trinajstić information content (AvgIpc) is 2.11. The molecular formula is C13H21N. The second-order valence-corrected chi connectivity index (χ2v) is 4.64. The van der Waals surface area contributed by atoms with Gasteiger partial charge in [-0.25, -0.2) is 0 Å². The lowest BCUT2D eigenvalue weighted by molar-refractivity contribution is 0.453. The molecule has 0 unspecified atom stereocenters. The van der Waals surface area contributed by atoms with Crippen LogP contribution in [0.5, 0.6) is 0 Å². The van der Waals surface area contributed by atoms with Crippen molar-refractivity contribution < 1.29 is 0 Å². The first-order chi connectivity index (χ1) is 6.39. The molecule has 0 radical (unpaired) electrons. The summed E-state index contributed by atoms with van der Waals surface area (Å²) in [5.41, 5.74) is 2.32. The molecule has 0 spiro atoms. The van der Waals surface area contributed by atoms with Gasteiger partial charge in [-0.15, -0.1) is 0 Å². The van der Waals surface area contributed by atoms with Crippen molar-refractivity contribution in [2.24, 2.45) is 5.41 Å². The number of rotatable bonds is 4. The Morgan fingerprint density at radius 1 is 1.07 bits per heavy atom. The third-order valence-electron chi connectivity index (χ3n) is 2.19. The van der Waals surface area contributed by atoms with E-state index in [0.29, 0.717) is 0 Å². The van der Waals surface area contributed by atoms with Gasteiger partial charge in [0.25, 0.3) is 0 Å². The lowest BCUT2D eigenvalue weighted by Gasteiger charge is -2.17. The van der Waals surface area contributed by atoms with Crippen molar-refractivity contribution in [1.82, 2.24) is 0 Å². The Kier molecular flexibility index (Phi) is 5.23. The molecular weight excluding hydrogens is 170 g/mol. The Bertz CT molecular complexity index is 248. The minimum Gasteiger partial charge on any atom is -0.198 e. The molecule has 0 aliphatic rings. The van der Waals surface area contributed by atoms with Gasteiger partial charge in [-0.05, 0) is 47.5 Å². The Morgan fingerprint density at radius 3 is 1.64 bits per heavy atom. The van der Waals surface area contributed by atoms with Crippen molar-refractivity contribution >= 4 is 0 Å². The van der Waals surface area contributed by atoms with E-state index in [1.165, 1.54) is 11.1 Å². The summed E-state index contributed by atoms with van der Waals surface area (Å²) >= 11 is 0. The van der Waals surface area contributed by atoms with E-state index in [0.717, 1.165) is 12.8 Å². The third kappa shape index (κ3) is 5.59. The summed E-state index contributed by atoms with van der Waals surface area (Å²) in [6, 6.07) is 2.40. The van der Waals surface area contributed by atoms with Crippen LogP contribution >= 0.6 is 0 Å². The topological polar surface area (TPSA) is 23.8 Å². The van der Waals surface area contributed by atoms with Gasteiger partial charge >= 0.3 is 0 Å². The van der Waals surface area contributed by atoms with Crippen molar-refractivity contribution in [2.45, 2.75) is 47.5 Å². The lowest BCUT2D eigenvalue weighted by atomic mass is 9.84. The van der Waals surface area contributed by atoms with Crippen LogP contribution in [-0.4, -0.2) is 0 Å². The van der Waals surface area contributed by atoms with Gasteiger partial charge in [-0.1, -0.05) is 23.3 Å². The zero-order valence-electron chi connectivity index (χ0n) is 10.0. The number of allylic oxidation sites excluding steroid dienone is 4. The van der Waals surface area contributed by atoms with Gasteiger partial charge in [0.2, 0.25) is 0 Å². The van der Waals surface area contributed by atoms with Crippen LogP contribution in [0.1, 0.15) is 47.5 Å². The van der Waals surface area contributed by atoms with Gasteiger partial charge in [0.15, 0.2) is 0 Å². The molecule has 0 saturated heterocycles. The fourth-order valence-electron chi connectivity index (χ4n) is 1.03. The quantitative estimate of drug-likeness (QED) is 0.610. The standard InChI is InChI=1S/C13H21N/c1-11(2)6-8-13(5,10-14)9-7-12(3)4/h6-7H,8-9H2,1-5H3. The second kappa shape index (κ2) is 5.65. The van der Waals surface area contributed by atoms with Crippen LogP contribution in [0.3, 0.4) is 0 Å². The van der Waals surface area contributed by atoms with Gasteiger partial charge in [-0.2, -0.15) is 5.26 Å². The minimum atomic E-state index is -0.242. The largest absolute Gasteiger partial charge is 0.198 e. The first-order valence-corrected chi connectivity index (χ1v) is 5.07. The van der Waals surface area contributed by atoms with Crippen LogP contribution in [0.2, 0.25) is 0 Å². The summed E-state index contributed by atoms with van der Waals surface area (Å²) in [5.74, 6) is 0. The SMILES string of the molecule is CC(C)=CCC(C)(C#N)CC=C(C)C. The van der Waals surface area contributed by atoms with Crippen LogP contribution in [-0.2, 0) is 0 Å². The third-order valence-corrected chi connectivity index (χ3v) is 2.19. The van der Waals surface area contributed by atoms with E-state index in [1.807, 2.05) is 6.92 Å². The Labute approximate surface area is 88.1 Å². The average molecular weight is 191 g/mol. The van der Waals surface area contributed by atoms with Crippen LogP contribution < -0.4 is 0 Å². The highest BCUT2D eigenvalue weighted by Gasteiger charge is 2.20. The molecule has 0 aromatic rings. The maximum Gasteiger partial charge on any atom is 0.0693 e. The molecule has 0 saturated carbocycles. The highest BCUT2D eigenvalue weighted by atomic mass is 14.3. The first kappa shape index (κ1) is 13.0. The molecule has 0 N–H and O–H groups in total. The molecule has 0 aliphatic carbocycles. The summed E-state index contributed by atoms with van der Waals surface area (Å²) in [5, 5.41) is 9.10. The summed E-state index contributed by atoms with van der Waals surface area (Å²) in [6.07, 6.45) is 5.97. The van der Waals surface area contributed by atoms with Gasteiger partial charge < -0.3 is 0 Å². The van der Waals surface area contributed by atoms with Crippen LogP contribution in [0, 0.1) is 16.7 Å². The van der Waals surface area contributed by atoms with Crippen molar-refractivity contribution in [1.29, 1.82) is 5.26 Å². The van der Waals surface area contributed by atoms with Crippen molar-refractivity contribution in [3.63, 3.8) is 0 Å². The summed E-state index contributed by atoms with van der Waals surface area (Å²) < 4.78 is 0. The molecule has 0 rings (SSSR count). The van der Waals surface area contributed by atoms with E-state index >= 15 is 0 Å². The minimum absolute atomic E-state index is 0.242. The molecule has 0 aromatic carbocycles. The number of nitrogens with zero attached hydrogens (tertiary/aromatic N) is 1. The highest BCUT2D eigenvalue weighted by molar-refractivity contribution is 5.08. The van der Waals surface area contributed by atoms with Gasteiger partial charge in [0.05, 0.1) is 11.5 Å². The zero-order chi connectivity index (χ0) is 11.2. The summed E-state index contributed by atoms with van der Waals surface area (Å²) in [7, 11) is 0. The van der Waals surface area contributed by atoms with Crippen LogP contribution in [0.15, 0.2) is 23.3 Å².